The van der Waals surface area contributed by atoms with Crippen molar-refractivity contribution in [1.82, 2.24) is 19.5 Å². The molecule has 2 unspecified atom stereocenters. The Morgan fingerprint density at radius 3 is 2.69 bits per heavy atom. The van der Waals surface area contributed by atoms with E-state index in [2.05, 4.69) is 40.2 Å². The third-order valence-corrected chi connectivity index (χ3v) is 4.72. The molecule has 0 spiro atoms. The van der Waals surface area contributed by atoms with E-state index in [0.29, 0.717) is 24.0 Å². The molecule has 26 heavy (non-hydrogen) atoms. The monoisotopic (exact) mass is 406 g/mol. The van der Waals surface area contributed by atoms with Crippen molar-refractivity contribution < 1.29 is 23.6 Å². The van der Waals surface area contributed by atoms with Crippen LogP contribution in [0.3, 0.4) is 0 Å². The Morgan fingerprint density at radius 1 is 1.38 bits per heavy atom. The van der Waals surface area contributed by atoms with Gasteiger partial charge in [0.1, 0.15) is 18.1 Å². The van der Waals surface area contributed by atoms with Crippen LogP contribution in [0.1, 0.15) is 46.3 Å². The van der Waals surface area contributed by atoms with Gasteiger partial charge in [-0.2, -0.15) is 0 Å². The van der Waals surface area contributed by atoms with Crippen molar-refractivity contribution in [2.75, 3.05) is 6.61 Å². The summed E-state index contributed by atoms with van der Waals surface area (Å²) in [6.07, 6.45) is 4.75. The van der Waals surface area contributed by atoms with Crippen LogP contribution < -0.4 is 0 Å². The predicted octanol–water partition coefficient (Wildman–Crippen LogP) is 3.32. The lowest BCUT2D eigenvalue weighted by Gasteiger charge is -2.15. The molecule has 2 atom stereocenters. The van der Waals surface area contributed by atoms with E-state index in [4.69, 9.17) is 26.1 Å². The van der Waals surface area contributed by atoms with Crippen LogP contribution in [0, 0.1) is 5.92 Å². The summed E-state index contributed by atoms with van der Waals surface area (Å²) in [4.78, 5) is 29.5. The first kappa shape index (κ1) is 21.2. The molecule has 2 aromatic rings. The highest BCUT2D eigenvalue weighted by Gasteiger charge is 2.30. The van der Waals surface area contributed by atoms with Crippen LogP contribution >= 0.6 is 19.4 Å². The standard InChI is InChI=1S/C10H12ClN4O5P.C5H12/c11-9-8-10(13-4-12-9)15(5-14-8)7-2-1-6(20-7)3-19-21(16,17)18;1-4-5(2)3/h4-7H,1-3H2,(H2,16,17,18);5H,4H2,1-3H3. The van der Waals surface area contributed by atoms with Crippen LogP contribution in [-0.4, -0.2) is 42.0 Å². The van der Waals surface area contributed by atoms with Gasteiger partial charge in [-0.1, -0.05) is 38.8 Å². The van der Waals surface area contributed by atoms with Crippen LogP contribution in [-0.2, 0) is 13.8 Å². The molecule has 1 aliphatic heterocycles. The number of fused-ring (bicyclic) bond motifs is 1. The second-order valence-corrected chi connectivity index (χ2v) is 7.96. The van der Waals surface area contributed by atoms with E-state index in [9.17, 15) is 4.57 Å². The Kier molecular flexibility index (Phi) is 7.52. The summed E-state index contributed by atoms with van der Waals surface area (Å²) in [6, 6.07) is 0. The van der Waals surface area contributed by atoms with Gasteiger partial charge >= 0.3 is 7.82 Å². The minimum absolute atomic E-state index is 0.164. The summed E-state index contributed by atoms with van der Waals surface area (Å²) >= 11 is 5.93. The number of imidazole rings is 1. The molecular formula is C15H24ClN4O5P. The number of nitrogens with zero attached hydrogens (tertiary/aromatic N) is 4. The Labute approximate surface area is 157 Å². The van der Waals surface area contributed by atoms with Gasteiger partial charge in [-0.25, -0.2) is 19.5 Å². The van der Waals surface area contributed by atoms with Gasteiger partial charge in [0, 0.05) is 0 Å². The zero-order chi connectivity index (χ0) is 19.3. The van der Waals surface area contributed by atoms with Crippen LogP contribution in [0.4, 0.5) is 0 Å². The highest BCUT2D eigenvalue weighted by atomic mass is 35.5. The summed E-state index contributed by atoms with van der Waals surface area (Å²) < 4.78 is 22.6. The third-order valence-electron chi connectivity index (χ3n) is 3.95. The van der Waals surface area contributed by atoms with Gasteiger partial charge in [-0.05, 0) is 18.8 Å². The van der Waals surface area contributed by atoms with Gasteiger partial charge in [-0.15, -0.1) is 0 Å². The van der Waals surface area contributed by atoms with Crippen LogP contribution in [0.15, 0.2) is 12.7 Å². The number of hydrogen-bond acceptors (Lipinski definition) is 6. The topological polar surface area (TPSA) is 120 Å². The van der Waals surface area contributed by atoms with E-state index in [-0.39, 0.29) is 18.0 Å². The molecule has 0 saturated carbocycles. The minimum Gasteiger partial charge on any atom is -0.352 e. The molecule has 0 radical (unpaired) electrons. The predicted molar refractivity (Wildman–Crippen MR) is 96.6 cm³/mol. The lowest BCUT2D eigenvalue weighted by molar-refractivity contribution is -0.0205. The average molecular weight is 407 g/mol. The van der Waals surface area contributed by atoms with Crippen molar-refractivity contribution in [3.63, 3.8) is 0 Å². The molecule has 3 heterocycles. The zero-order valence-corrected chi connectivity index (χ0v) is 16.6. The lowest BCUT2D eigenvalue weighted by Crippen LogP contribution is -2.16. The number of ether oxygens (including phenoxy) is 1. The molecule has 1 aliphatic rings. The molecule has 1 fully saturated rings. The highest BCUT2D eigenvalue weighted by molar-refractivity contribution is 7.46. The van der Waals surface area contributed by atoms with Gasteiger partial charge in [-0.3, -0.25) is 9.09 Å². The maximum absolute atomic E-state index is 10.7. The first-order chi connectivity index (χ1) is 12.2. The molecule has 11 heteroatoms. The van der Waals surface area contributed by atoms with Crippen molar-refractivity contribution in [1.29, 1.82) is 0 Å². The normalized spacial score (nSPS) is 20.4. The Balaban J connectivity index is 0.000000431. The van der Waals surface area contributed by atoms with Crippen LogP contribution in [0.5, 0.6) is 0 Å². The Bertz CT molecular complexity index is 766. The average Bonchev–Trinajstić information content (AvgIpc) is 3.20. The molecule has 0 bridgehead atoms. The summed E-state index contributed by atoms with van der Waals surface area (Å²) in [5.74, 6) is 0.884. The minimum atomic E-state index is -4.48. The van der Waals surface area contributed by atoms with Gasteiger partial charge < -0.3 is 14.5 Å². The SMILES string of the molecule is CCC(C)C.O=P(O)(O)OCC1CCC(n2cnc3c(Cl)ncnc32)O1. The Hall–Kier alpha value is -1.09. The van der Waals surface area contributed by atoms with Crippen molar-refractivity contribution in [2.24, 2.45) is 5.92 Å². The van der Waals surface area contributed by atoms with E-state index in [0.717, 1.165) is 5.92 Å². The molecule has 146 valence electrons. The van der Waals surface area contributed by atoms with Gasteiger partial charge in [0.2, 0.25) is 0 Å². The quantitative estimate of drug-likeness (QED) is 0.573. The van der Waals surface area contributed by atoms with Crippen molar-refractivity contribution >= 4 is 30.6 Å². The molecule has 3 rings (SSSR count). The largest absolute Gasteiger partial charge is 0.469 e. The van der Waals surface area contributed by atoms with Crippen molar-refractivity contribution in [3.05, 3.63) is 17.8 Å². The number of phosphoric ester groups is 1. The fraction of sp³-hybridized carbons (Fsp3) is 0.667. The smallest absolute Gasteiger partial charge is 0.352 e. The molecule has 0 aliphatic carbocycles. The summed E-state index contributed by atoms with van der Waals surface area (Å²) in [6.45, 7) is 6.48. The van der Waals surface area contributed by atoms with E-state index in [1.54, 1.807) is 10.9 Å². The Morgan fingerprint density at radius 2 is 2.08 bits per heavy atom. The van der Waals surface area contributed by atoms with E-state index in [1.165, 1.54) is 12.7 Å². The second kappa shape index (κ2) is 9.21. The summed E-state index contributed by atoms with van der Waals surface area (Å²) in [7, 11) is -4.48. The van der Waals surface area contributed by atoms with E-state index in [1.807, 2.05) is 0 Å². The molecule has 0 amide bonds. The maximum Gasteiger partial charge on any atom is 0.469 e. The molecule has 0 aromatic carbocycles. The molecule has 2 aromatic heterocycles. The van der Waals surface area contributed by atoms with Gasteiger partial charge in [0.25, 0.3) is 0 Å². The third kappa shape index (κ3) is 5.97. The van der Waals surface area contributed by atoms with Crippen molar-refractivity contribution in [2.45, 2.75) is 52.4 Å². The summed E-state index contributed by atoms with van der Waals surface area (Å²) in [5, 5.41) is 0.262. The number of phosphoric acid groups is 1. The van der Waals surface area contributed by atoms with E-state index < -0.39 is 13.9 Å². The highest BCUT2D eigenvalue weighted by Crippen LogP contribution is 2.38. The maximum atomic E-state index is 10.7. The van der Waals surface area contributed by atoms with Gasteiger partial charge in [0.15, 0.2) is 10.8 Å². The van der Waals surface area contributed by atoms with Crippen molar-refractivity contribution in [3.8, 4) is 0 Å². The van der Waals surface area contributed by atoms with Crippen LogP contribution in [0.25, 0.3) is 11.2 Å². The number of aromatic nitrogens is 4. The summed E-state index contributed by atoms with van der Waals surface area (Å²) in [5.41, 5.74) is 1.04. The number of halogens is 1. The second-order valence-electron chi connectivity index (χ2n) is 6.37. The number of rotatable bonds is 5. The first-order valence-electron chi connectivity index (χ1n) is 8.39. The fourth-order valence-electron chi connectivity index (χ4n) is 2.23. The van der Waals surface area contributed by atoms with Crippen LogP contribution in [0.2, 0.25) is 5.15 Å². The van der Waals surface area contributed by atoms with Gasteiger partial charge in [0.05, 0.1) is 19.0 Å². The zero-order valence-electron chi connectivity index (χ0n) is 14.9. The molecular weight excluding hydrogens is 383 g/mol. The molecule has 9 nitrogen and oxygen atoms in total. The molecule has 1 saturated heterocycles. The first-order valence-corrected chi connectivity index (χ1v) is 10.3. The molecule has 2 N–H and O–H groups in total. The van der Waals surface area contributed by atoms with E-state index >= 15 is 0 Å². The number of hydrogen-bond donors (Lipinski definition) is 2. The lowest BCUT2D eigenvalue weighted by atomic mass is 10.2. The fourth-order valence-corrected chi connectivity index (χ4v) is 2.77.